The van der Waals surface area contributed by atoms with Crippen molar-refractivity contribution in [2.24, 2.45) is 5.90 Å². The number of benzene rings is 1. The van der Waals surface area contributed by atoms with Crippen LogP contribution >= 0.6 is 11.3 Å². The van der Waals surface area contributed by atoms with E-state index in [2.05, 4.69) is 9.82 Å². The Morgan fingerprint density at radius 1 is 1.60 bits per heavy atom. The van der Waals surface area contributed by atoms with Crippen molar-refractivity contribution >= 4 is 27.2 Å². The van der Waals surface area contributed by atoms with E-state index in [1.807, 2.05) is 6.92 Å². The van der Waals surface area contributed by atoms with Crippen molar-refractivity contribution in [3.63, 3.8) is 0 Å². The van der Waals surface area contributed by atoms with Gasteiger partial charge in [0.1, 0.15) is 0 Å². The maximum Gasteiger partial charge on any atom is 0.315 e. The van der Waals surface area contributed by atoms with Gasteiger partial charge in [0.05, 0.1) is 20.1 Å². The van der Waals surface area contributed by atoms with Crippen LogP contribution in [0.5, 0.6) is 5.75 Å². The molecule has 0 aliphatic carbocycles. The summed E-state index contributed by atoms with van der Waals surface area (Å²) in [6.45, 7) is 1.83. The van der Waals surface area contributed by atoms with E-state index in [4.69, 9.17) is 5.90 Å². The molecule has 0 fully saturated rings. The van der Waals surface area contributed by atoms with Crippen LogP contribution in [0.2, 0.25) is 0 Å². The molecule has 2 rings (SSSR count). The Morgan fingerprint density at radius 3 is 2.93 bits per heavy atom. The highest BCUT2D eigenvalue weighted by molar-refractivity contribution is 7.18. The molecule has 0 saturated carbocycles. The third-order valence-electron chi connectivity index (χ3n) is 1.90. The summed E-state index contributed by atoms with van der Waals surface area (Å²) in [6.07, 6.45) is 0. The van der Waals surface area contributed by atoms with E-state index in [-0.39, 0.29) is 11.4 Å². The maximum atomic E-state index is 10.7. The number of rotatable bonds is 2. The van der Waals surface area contributed by atoms with Crippen LogP contribution in [0.15, 0.2) is 12.1 Å². The molecule has 0 unspecified atom stereocenters. The molecular weight excluding hydrogens is 218 g/mol. The standard InChI is InChI=1S/C8H7N3O3S/c1-4-10-5-2-7(14-9)6(11(12)13)3-8(5)15-4/h2-3H,9H2,1H3. The van der Waals surface area contributed by atoms with Crippen LogP contribution in [0, 0.1) is 17.0 Å². The highest BCUT2D eigenvalue weighted by Crippen LogP contribution is 2.33. The smallest absolute Gasteiger partial charge is 0.315 e. The predicted molar refractivity (Wildman–Crippen MR) is 55.8 cm³/mol. The van der Waals surface area contributed by atoms with Crippen LogP contribution in [0.1, 0.15) is 5.01 Å². The Morgan fingerprint density at radius 2 is 2.33 bits per heavy atom. The molecule has 15 heavy (non-hydrogen) atoms. The topological polar surface area (TPSA) is 91.3 Å². The number of thiazole rings is 1. The van der Waals surface area contributed by atoms with Gasteiger partial charge in [-0.3, -0.25) is 10.1 Å². The van der Waals surface area contributed by atoms with Crippen molar-refractivity contribution in [1.82, 2.24) is 4.98 Å². The Labute approximate surface area is 88.4 Å². The number of aryl methyl sites for hydroxylation is 1. The van der Waals surface area contributed by atoms with Gasteiger partial charge in [-0.15, -0.1) is 11.3 Å². The molecular formula is C8H7N3O3S. The van der Waals surface area contributed by atoms with E-state index in [9.17, 15) is 10.1 Å². The van der Waals surface area contributed by atoms with Gasteiger partial charge in [0.15, 0.2) is 0 Å². The Balaban J connectivity index is 2.73. The number of aromatic nitrogens is 1. The zero-order valence-electron chi connectivity index (χ0n) is 7.76. The van der Waals surface area contributed by atoms with Crippen LogP contribution in [0.4, 0.5) is 5.69 Å². The van der Waals surface area contributed by atoms with E-state index >= 15 is 0 Å². The summed E-state index contributed by atoms with van der Waals surface area (Å²) in [6, 6.07) is 2.89. The summed E-state index contributed by atoms with van der Waals surface area (Å²) in [5.74, 6) is 4.98. The van der Waals surface area contributed by atoms with Gasteiger partial charge in [0.25, 0.3) is 0 Å². The van der Waals surface area contributed by atoms with Gasteiger partial charge in [0, 0.05) is 12.1 Å². The summed E-state index contributed by atoms with van der Waals surface area (Å²) < 4.78 is 0.750. The highest BCUT2D eigenvalue weighted by atomic mass is 32.1. The first-order chi connectivity index (χ1) is 7.11. The van der Waals surface area contributed by atoms with Crippen molar-refractivity contribution in [3.05, 3.63) is 27.3 Å². The molecule has 6 nitrogen and oxygen atoms in total. The fraction of sp³-hybridized carbons (Fsp3) is 0.125. The van der Waals surface area contributed by atoms with Gasteiger partial charge < -0.3 is 4.84 Å². The second-order valence-electron chi connectivity index (χ2n) is 2.90. The van der Waals surface area contributed by atoms with Crippen LogP contribution in [0.3, 0.4) is 0 Å². The molecule has 0 atom stereocenters. The van der Waals surface area contributed by atoms with Gasteiger partial charge in [-0.2, -0.15) is 5.90 Å². The predicted octanol–water partition coefficient (Wildman–Crippen LogP) is 1.77. The van der Waals surface area contributed by atoms with Crippen LogP contribution in [0.25, 0.3) is 10.2 Å². The van der Waals surface area contributed by atoms with Gasteiger partial charge in [-0.25, -0.2) is 4.98 Å². The Hall–Kier alpha value is -1.73. The monoisotopic (exact) mass is 225 g/mol. The van der Waals surface area contributed by atoms with Crippen molar-refractivity contribution in [2.45, 2.75) is 6.92 Å². The first-order valence-electron chi connectivity index (χ1n) is 4.04. The van der Waals surface area contributed by atoms with Crippen LogP contribution < -0.4 is 10.7 Å². The zero-order valence-corrected chi connectivity index (χ0v) is 8.58. The number of nitrogens with two attached hydrogens (primary N) is 1. The molecule has 0 aliphatic heterocycles. The molecule has 7 heteroatoms. The van der Waals surface area contributed by atoms with Crippen molar-refractivity contribution in [2.75, 3.05) is 0 Å². The van der Waals surface area contributed by atoms with Gasteiger partial charge >= 0.3 is 5.69 Å². The van der Waals surface area contributed by atoms with Crippen LogP contribution in [-0.2, 0) is 0 Å². The third kappa shape index (κ3) is 1.62. The Kier molecular flexibility index (Phi) is 2.25. The summed E-state index contributed by atoms with van der Waals surface area (Å²) >= 11 is 1.39. The molecule has 78 valence electrons. The summed E-state index contributed by atoms with van der Waals surface area (Å²) in [5.41, 5.74) is 0.511. The molecule has 2 N–H and O–H groups in total. The lowest BCUT2D eigenvalue weighted by Crippen LogP contribution is -2.04. The lowest BCUT2D eigenvalue weighted by Gasteiger charge is -1.99. The van der Waals surface area contributed by atoms with E-state index < -0.39 is 4.92 Å². The minimum absolute atomic E-state index is 0.0257. The maximum absolute atomic E-state index is 10.7. The average Bonchev–Trinajstić information content (AvgIpc) is 2.54. The van der Waals surface area contributed by atoms with Gasteiger partial charge in [0.2, 0.25) is 5.75 Å². The summed E-state index contributed by atoms with van der Waals surface area (Å²) in [5, 5.41) is 11.5. The number of nitro groups is 1. The molecule has 0 spiro atoms. The molecule has 0 bridgehead atoms. The number of nitro benzene ring substituents is 1. The lowest BCUT2D eigenvalue weighted by atomic mass is 10.3. The summed E-state index contributed by atoms with van der Waals surface area (Å²) in [7, 11) is 0. The average molecular weight is 225 g/mol. The molecule has 0 amide bonds. The van der Waals surface area contributed by atoms with Gasteiger partial charge in [-0.1, -0.05) is 0 Å². The fourth-order valence-electron chi connectivity index (χ4n) is 1.30. The largest absolute Gasteiger partial charge is 0.404 e. The van der Waals surface area contributed by atoms with Crippen molar-refractivity contribution in [3.8, 4) is 5.75 Å². The van der Waals surface area contributed by atoms with E-state index in [0.29, 0.717) is 5.52 Å². The Bertz CT molecular complexity index is 537. The third-order valence-corrected chi connectivity index (χ3v) is 2.83. The number of hydrogen-bond donors (Lipinski definition) is 1. The normalized spacial score (nSPS) is 10.5. The quantitative estimate of drug-likeness (QED) is 0.621. The van der Waals surface area contributed by atoms with Gasteiger partial charge in [-0.05, 0) is 6.92 Å². The van der Waals surface area contributed by atoms with E-state index in [1.54, 1.807) is 0 Å². The minimum atomic E-state index is -0.531. The molecule has 1 aromatic heterocycles. The molecule has 1 heterocycles. The molecule has 0 aliphatic rings. The fourth-order valence-corrected chi connectivity index (χ4v) is 2.14. The molecule has 1 aromatic carbocycles. The first-order valence-corrected chi connectivity index (χ1v) is 4.86. The molecule has 0 radical (unpaired) electrons. The van der Waals surface area contributed by atoms with E-state index in [1.165, 1.54) is 23.5 Å². The second-order valence-corrected chi connectivity index (χ2v) is 4.13. The minimum Gasteiger partial charge on any atom is -0.404 e. The SMILES string of the molecule is Cc1nc2cc(ON)c([N+](=O)[O-])cc2s1. The van der Waals surface area contributed by atoms with Crippen molar-refractivity contribution in [1.29, 1.82) is 0 Å². The van der Waals surface area contributed by atoms with E-state index in [0.717, 1.165) is 9.71 Å². The lowest BCUT2D eigenvalue weighted by molar-refractivity contribution is -0.385. The number of fused-ring (bicyclic) bond motifs is 1. The zero-order chi connectivity index (χ0) is 11.0. The summed E-state index contributed by atoms with van der Waals surface area (Å²) in [4.78, 5) is 18.8. The number of nitrogens with zero attached hydrogens (tertiary/aromatic N) is 2. The molecule has 2 aromatic rings. The molecule has 0 saturated heterocycles. The second kappa shape index (κ2) is 3.44. The first kappa shape index (κ1) is 9.81. The highest BCUT2D eigenvalue weighted by Gasteiger charge is 2.18. The van der Waals surface area contributed by atoms with Crippen molar-refractivity contribution < 1.29 is 9.76 Å². The number of hydrogen-bond acceptors (Lipinski definition) is 6. The van der Waals surface area contributed by atoms with Crippen LogP contribution in [-0.4, -0.2) is 9.91 Å².